The van der Waals surface area contributed by atoms with Crippen LogP contribution in [-0.2, 0) is 23.6 Å². The van der Waals surface area contributed by atoms with Gasteiger partial charge in [0.05, 0.1) is 27.7 Å². The molecule has 7 nitrogen and oxygen atoms in total. The maximum absolute atomic E-state index is 13.0. The van der Waals surface area contributed by atoms with Gasteiger partial charge in [0.25, 0.3) is 15.9 Å². The van der Waals surface area contributed by atoms with E-state index in [1.165, 1.54) is 34.5 Å². The van der Waals surface area contributed by atoms with E-state index >= 15 is 0 Å². The predicted molar refractivity (Wildman–Crippen MR) is 112 cm³/mol. The summed E-state index contributed by atoms with van der Waals surface area (Å²) in [7, 11) is 1.06. The van der Waals surface area contributed by atoms with Crippen molar-refractivity contribution in [3.63, 3.8) is 0 Å². The van der Waals surface area contributed by atoms with Gasteiger partial charge >= 0.3 is 0 Å². The zero-order chi connectivity index (χ0) is 21.2. The number of aromatic nitrogens is 2. The molecule has 0 atom stereocenters. The molecule has 0 saturated carbocycles. The summed E-state index contributed by atoms with van der Waals surface area (Å²) in [5, 5.41) is 0.183. The number of benzene rings is 2. The molecule has 0 fully saturated rings. The summed E-state index contributed by atoms with van der Waals surface area (Å²) in [5.41, 5.74) is 0.633. The molecule has 0 aliphatic rings. The highest BCUT2D eigenvalue weighted by molar-refractivity contribution is 7.92. The minimum atomic E-state index is -3.86. The molecule has 0 bridgehead atoms. The summed E-state index contributed by atoms with van der Waals surface area (Å²) < 4.78 is 29.0. The second kappa shape index (κ2) is 8.26. The first-order valence-electron chi connectivity index (χ1n) is 8.77. The predicted octanol–water partition coefficient (Wildman–Crippen LogP) is 3.17. The zero-order valence-corrected chi connectivity index (χ0v) is 17.9. The highest BCUT2D eigenvalue weighted by Gasteiger charge is 2.25. The van der Waals surface area contributed by atoms with Crippen molar-refractivity contribution in [1.29, 1.82) is 0 Å². The number of nitrogens with zero attached hydrogens (tertiary/aromatic N) is 4. The number of hydrogen-bond acceptors (Lipinski definition) is 4. The number of sulfonamides is 1. The van der Waals surface area contributed by atoms with Crippen molar-refractivity contribution >= 4 is 33.2 Å². The van der Waals surface area contributed by atoms with Crippen LogP contribution in [0.15, 0.2) is 65.8 Å². The first-order valence-corrected chi connectivity index (χ1v) is 10.6. The molecule has 9 heteroatoms. The van der Waals surface area contributed by atoms with E-state index in [2.05, 4.69) is 4.98 Å². The molecule has 2 aromatic carbocycles. The summed E-state index contributed by atoms with van der Waals surface area (Å²) in [6.45, 7) is 0.263. The molecule has 0 N–H and O–H groups in total. The van der Waals surface area contributed by atoms with E-state index in [1.807, 2.05) is 7.05 Å². The van der Waals surface area contributed by atoms with Crippen molar-refractivity contribution in [3.8, 4) is 0 Å². The molecular weight excluding hydrogens is 412 g/mol. The van der Waals surface area contributed by atoms with Crippen LogP contribution in [0.3, 0.4) is 0 Å². The molecular formula is C20H21ClN4O3S. The summed E-state index contributed by atoms with van der Waals surface area (Å²) in [4.78, 5) is 18.6. The Labute approximate surface area is 175 Å². The number of imidazole rings is 1. The molecule has 152 valence electrons. The van der Waals surface area contributed by atoms with Crippen molar-refractivity contribution in [3.05, 3.63) is 77.3 Å². The maximum atomic E-state index is 13.0. The molecule has 0 spiro atoms. The standard InChI is InChI=1S/C20H21ClN4O3S/c1-23-12-11-22-19(23)14-24(2)20(26)17-13-16(9-10-18(17)21)29(27,28)25(3)15-7-5-4-6-8-15/h4-13H,14H2,1-3H3. The SMILES string of the molecule is CN(Cc1nccn1C)C(=O)c1cc(S(=O)(=O)N(C)c2ccccc2)ccc1Cl. The molecule has 1 heterocycles. The Morgan fingerprint density at radius 3 is 2.45 bits per heavy atom. The van der Waals surface area contributed by atoms with Gasteiger partial charge in [-0.1, -0.05) is 29.8 Å². The highest BCUT2D eigenvalue weighted by Crippen LogP contribution is 2.26. The quantitative estimate of drug-likeness (QED) is 0.599. The Hall–Kier alpha value is -2.84. The number of para-hydroxylation sites is 1. The van der Waals surface area contributed by atoms with Gasteiger partial charge in [-0.25, -0.2) is 13.4 Å². The Morgan fingerprint density at radius 2 is 1.83 bits per heavy atom. The van der Waals surface area contributed by atoms with E-state index in [0.29, 0.717) is 11.5 Å². The monoisotopic (exact) mass is 432 g/mol. The molecule has 1 aromatic heterocycles. The second-order valence-electron chi connectivity index (χ2n) is 6.57. The van der Waals surface area contributed by atoms with Crippen LogP contribution in [0.4, 0.5) is 5.69 Å². The zero-order valence-electron chi connectivity index (χ0n) is 16.3. The second-order valence-corrected chi connectivity index (χ2v) is 8.94. The topological polar surface area (TPSA) is 75.5 Å². The lowest BCUT2D eigenvalue weighted by molar-refractivity contribution is 0.0780. The Balaban J connectivity index is 1.91. The number of aryl methyl sites for hydroxylation is 1. The Morgan fingerprint density at radius 1 is 1.14 bits per heavy atom. The molecule has 0 saturated heterocycles. The largest absolute Gasteiger partial charge is 0.337 e. The summed E-state index contributed by atoms with van der Waals surface area (Å²) >= 11 is 6.22. The van der Waals surface area contributed by atoms with E-state index in [4.69, 9.17) is 11.6 Å². The van der Waals surface area contributed by atoms with Crippen LogP contribution in [0.5, 0.6) is 0 Å². The van der Waals surface area contributed by atoms with Gasteiger partial charge in [0.2, 0.25) is 0 Å². The lowest BCUT2D eigenvalue weighted by Gasteiger charge is -2.21. The van der Waals surface area contributed by atoms with Crippen molar-refractivity contribution in [2.24, 2.45) is 7.05 Å². The number of carbonyl (C=O) groups excluding carboxylic acids is 1. The van der Waals surface area contributed by atoms with Crippen LogP contribution >= 0.6 is 11.6 Å². The fourth-order valence-electron chi connectivity index (χ4n) is 2.80. The minimum absolute atomic E-state index is 0.0120. The molecule has 0 aliphatic heterocycles. The first kappa shape index (κ1) is 20.9. The van der Waals surface area contributed by atoms with Crippen LogP contribution in [0, 0.1) is 0 Å². The number of amides is 1. The third kappa shape index (κ3) is 4.28. The van der Waals surface area contributed by atoms with Crippen molar-refractivity contribution in [2.45, 2.75) is 11.4 Å². The Bertz CT molecular complexity index is 1130. The molecule has 3 aromatic rings. The maximum Gasteiger partial charge on any atom is 0.264 e. The molecule has 3 rings (SSSR count). The van der Waals surface area contributed by atoms with E-state index in [-0.39, 0.29) is 22.0 Å². The van der Waals surface area contributed by atoms with Gasteiger partial charge < -0.3 is 9.47 Å². The fraction of sp³-hybridized carbons (Fsp3) is 0.200. The van der Waals surface area contributed by atoms with Gasteiger partial charge in [0, 0.05) is 33.5 Å². The average molecular weight is 433 g/mol. The number of halogens is 1. The number of carbonyl (C=O) groups is 1. The lowest BCUT2D eigenvalue weighted by Crippen LogP contribution is -2.29. The van der Waals surface area contributed by atoms with E-state index in [1.54, 1.807) is 54.3 Å². The van der Waals surface area contributed by atoms with Crippen LogP contribution in [0.2, 0.25) is 5.02 Å². The molecule has 0 radical (unpaired) electrons. The van der Waals surface area contributed by atoms with Gasteiger partial charge in [-0.2, -0.15) is 0 Å². The fourth-order valence-corrected chi connectivity index (χ4v) is 4.22. The third-order valence-corrected chi connectivity index (χ3v) is 6.70. The summed E-state index contributed by atoms with van der Waals surface area (Å²) in [6.07, 6.45) is 3.43. The Kier molecular flexibility index (Phi) is 5.95. The number of anilines is 1. The molecule has 0 aliphatic carbocycles. The van der Waals surface area contributed by atoms with Crippen LogP contribution in [0.1, 0.15) is 16.2 Å². The van der Waals surface area contributed by atoms with Gasteiger partial charge in [-0.3, -0.25) is 9.10 Å². The minimum Gasteiger partial charge on any atom is -0.337 e. The van der Waals surface area contributed by atoms with Crippen LogP contribution < -0.4 is 4.31 Å². The third-order valence-electron chi connectivity index (χ3n) is 4.59. The van der Waals surface area contributed by atoms with Crippen molar-refractivity contribution in [2.75, 3.05) is 18.4 Å². The van der Waals surface area contributed by atoms with E-state index in [0.717, 1.165) is 0 Å². The van der Waals surface area contributed by atoms with Gasteiger partial charge in [-0.15, -0.1) is 0 Å². The van der Waals surface area contributed by atoms with Crippen LogP contribution in [-0.4, -0.2) is 42.9 Å². The van der Waals surface area contributed by atoms with Crippen molar-refractivity contribution < 1.29 is 13.2 Å². The molecule has 29 heavy (non-hydrogen) atoms. The normalized spacial score (nSPS) is 11.3. The number of rotatable bonds is 6. The number of hydrogen-bond donors (Lipinski definition) is 0. The summed E-state index contributed by atoms with van der Waals surface area (Å²) in [6, 6.07) is 12.8. The molecule has 1 amide bonds. The van der Waals surface area contributed by atoms with E-state index < -0.39 is 15.9 Å². The smallest absolute Gasteiger partial charge is 0.264 e. The average Bonchev–Trinajstić information content (AvgIpc) is 3.12. The van der Waals surface area contributed by atoms with Crippen LogP contribution in [0.25, 0.3) is 0 Å². The van der Waals surface area contributed by atoms with Crippen molar-refractivity contribution in [1.82, 2.24) is 14.5 Å². The lowest BCUT2D eigenvalue weighted by atomic mass is 10.2. The van der Waals surface area contributed by atoms with E-state index in [9.17, 15) is 13.2 Å². The molecule has 0 unspecified atom stereocenters. The summed E-state index contributed by atoms with van der Waals surface area (Å²) in [5.74, 6) is 0.307. The van der Waals surface area contributed by atoms with Gasteiger partial charge in [-0.05, 0) is 30.3 Å². The highest BCUT2D eigenvalue weighted by atomic mass is 35.5. The first-order chi connectivity index (χ1) is 13.7. The van der Waals surface area contributed by atoms with Gasteiger partial charge in [0.15, 0.2) is 0 Å². The van der Waals surface area contributed by atoms with Gasteiger partial charge in [0.1, 0.15) is 5.82 Å².